The molecule has 0 radical (unpaired) electrons. The Kier molecular flexibility index (Phi) is 5.15. The molecule has 2 aromatic carbocycles. The Labute approximate surface area is 170 Å². The minimum atomic E-state index is -4.44. The molecule has 154 valence electrons. The number of para-hydroxylation sites is 1. The summed E-state index contributed by atoms with van der Waals surface area (Å²) >= 11 is 0. The van der Waals surface area contributed by atoms with Gasteiger partial charge in [0, 0.05) is 31.1 Å². The lowest BCUT2D eigenvalue weighted by atomic mass is 10.1. The lowest BCUT2D eigenvalue weighted by Gasteiger charge is -2.18. The van der Waals surface area contributed by atoms with E-state index in [0.29, 0.717) is 16.8 Å². The molecule has 2 amide bonds. The van der Waals surface area contributed by atoms with E-state index in [1.807, 2.05) is 12.1 Å². The lowest BCUT2D eigenvalue weighted by molar-refractivity contribution is -0.137. The van der Waals surface area contributed by atoms with Crippen LogP contribution in [0.25, 0.3) is 10.9 Å². The number of nitrogens with one attached hydrogen (secondary N) is 1. The number of alkyl halides is 3. The van der Waals surface area contributed by atoms with E-state index in [9.17, 15) is 22.8 Å². The predicted octanol–water partition coefficient (Wildman–Crippen LogP) is 4.24. The molecular formula is C22H18F3N3O2. The van der Waals surface area contributed by atoms with Gasteiger partial charge in [0.15, 0.2) is 0 Å². The van der Waals surface area contributed by atoms with Gasteiger partial charge in [-0.05, 0) is 29.8 Å². The van der Waals surface area contributed by atoms with E-state index in [2.05, 4.69) is 10.3 Å². The molecule has 0 spiro atoms. The number of carbonyl (C=O) groups is 2. The summed E-state index contributed by atoms with van der Waals surface area (Å²) in [4.78, 5) is 30.8. The van der Waals surface area contributed by atoms with Gasteiger partial charge in [-0.15, -0.1) is 0 Å². The number of nitrogens with zero attached hydrogens (tertiary/aromatic N) is 2. The van der Waals surface area contributed by atoms with E-state index in [-0.39, 0.29) is 31.3 Å². The van der Waals surface area contributed by atoms with Crippen LogP contribution < -0.4 is 5.32 Å². The molecule has 0 aliphatic carbocycles. The minimum Gasteiger partial charge on any atom is -0.338 e. The van der Waals surface area contributed by atoms with Gasteiger partial charge in [0.25, 0.3) is 0 Å². The molecular weight excluding hydrogens is 395 g/mol. The van der Waals surface area contributed by atoms with Gasteiger partial charge in [0.2, 0.25) is 11.8 Å². The highest BCUT2D eigenvalue weighted by molar-refractivity contribution is 6.02. The van der Waals surface area contributed by atoms with Gasteiger partial charge in [-0.3, -0.25) is 14.6 Å². The molecule has 1 atom stereocenters. The second kappa shape index (κ2) is 7.78. The van der Waals surface area contributed by atoms with Crippen molar-refractivity contribution < 1.29 is 22.8 Å². The number of carbonyl (C=O) groups excluding carboxylic acids is 2. The molecule has 30 heavy (non-hydrogen) atoms. The third-order valence-electron chi connectivity index (χ3n) is 5.10. The second-order valence-corrected chi connectivity index (χ2v) is 7.24. The van der Waals surface area contributed by atoms with Crippen LogP contribution in [0, 0.1) is 5.92 Å². The van der Waals surface area contributed by atoms with Gasteiger partial charge in [-0.1, -0.05) is 30.3 Å². The highest BCUT2D eigenvalue weighted by atomic mass is 19.4. The topological polar surface area (TPSA) is 62.3 Å². The number of likely N-dealkylation sites (tertiary alicyclic amines) is 1. The van der Waals surface area contributed by atoms with Crippen LogP contribution in [0.5, 0.6) is 0 Å². The number of hydrogen-bond donors (Lipinski definition) is 1. The molecule has 8 heteroatoms. The van der Waals surface area contributed by atoms with Gasteiger partial charge in [0.05, 0.1) is 22.7 Å². The van der Waals surface area contributed by atoms with E-state index in [0.717, 1.165) is 17.5 Å². The zero-order valence-corrected chi connectivity index (χ0v) is 15.8. The van der Waals surface area contributed by atoms with Gasteiger partial charge < -0.3 is 10.2 Å². The fraction of sp³-hybridized carbons (Fsp3) is 0.227. The van der Waals surface area contributed by atoms with Crippen LogP contribution in [0.3, 0.4) is 0 Å². The normalized spacial score (nSPS) is 16.8. The first-order chi connectivity index (χ1) is 14.3. The predicted molar refractivity (Wildman–Crippen MR) is 105 cm³/mol. The summed E-state index contributed by atoms with van der Waals surface area (Å²) in [6.07, 6.45) is -2.79. The molecule has 1 fully saturated rings. The number of halogens is 3. The SMILES string of the molecule is O=C(Nc1cccc2cccnc12)C1CC(=O)N(Cc2cccc(C(F)(F)F)c2)C1. The van der Waals surface area contributed by atoms with Crippen LogP contribution in [0.2, 0.25) is 0 Å². The maximum Gasteiger partial charge on any atom is 0.416 e. The molecule has 4 rings (SSSR count). The number of hydrogen-bond acceptors (Lipinski definition) is 3. The Hall–Kier alpha value is -3.42. The standard InChI is InChI=1S/C22H18F3N3O2/c23-22(24,25)17-7-1-4-14(10-17)12-28-13-16(11-19(28)29)21(30)27-18-8-2-5-15-6-3-9-26-20(15)18/h1-10,16H,11-13H2,(H,27,30). The molecule has 1 aromatic heterocycles. The average molecular weight is 413 g/mol. The van der Waals surface area contributed by atoms with Crippen molar-refractivity contribution in [1.29, 1.82) is 0 Å². The summed E-state index contributed by atoms with van der Waals surface area (Å²) in [5, 5.41) is 3.71. The van der Waals surface area contributed by atoms with E-state index in [4.69, 9.17) is 0 Å². The lowest BCUT2D eigenvalue weighted by Crippen LogP contribution is -2.28. The van der Waals surface area contributed by atoms with E-state index < -0.39 is 17.7 Å². The molecule has 0 saturated carbocycles. The van der Waals surface area contributed by atoms with Crippen molar-refractivity contribution in [3.05, 3.63) is 71.9 Å². The summed E-state index contributed by atoms with van der Waals surface area (Å²) in [6.45, 7) is 0.182. The van der Waals surface area contributed by atoms with Crippen LogP contribution in [0.1, 0.15) is 17.5 Å². The maximum atomic E-state index is 12.9. The fourth-order valence-electron chi connectivity index (χ4n) is 3.61. The van der Waals surface area contributed by atoms with Crippen LogP contribution in [-0.4, -0.2) is 28.2 Å². The Bertz CT molecular complexity index is 1110. The molecule has 1 unspecified atom stereocenters. The molecule has 5 nitrogen and oxygen atoms in total. The van der Waals surface area contributed by atoms with Crippen LogP contribution in [0.15, 0.2) is 60.8 Å². The Balaban J connectivity index is 1.45. The Morgan fingerprint density at radius 2 is 1.90 bits per heavy atom. The summed E-state index contributed by atoms with van der Waals surface area (Å²) in [5.41, 5.74) is 0.822. The highest BCUT2D eigenvalue weighted by Crippen LogP contribution is 2.30. The molecule has 2 heterocycles. The summed E-state index contributed by atoms with van der Waals surface area (Å²) in [5.74, 6) is -1.15. The van der Waals surface area contributed by atoms with Gasteiger partial charge in [-0.25, -0.2) is 0 Å². The molecule has 1 aliphatic rings. The van der Waals surface area contributed by atoms with Crippen LogP contribution in [-0.2, 0) is 22.3 Å². The van der Waals surface area contributed by atoms with Crippen molar-refractivity contribution >= 4 is 28.4 Å². The van der Waals surface area contributed by atoms with Crippen molar-refractivity contribution in [1.82, 2.24) is 9.88 Å². The van der Waals surface area contributed by atoms with E-state index >= 15 is 0 Å². The van der Waals surface area contributed by atoms with E-state index in [1.54, 1.807) is 24.4 Å². The first-order valence-electron chi connectivity index (χ1n) is 9.40. The van der Waals surface area contributed by atoms with Crippen LogP contribution in [0.4, 0.5) is 18.9 Å². The Morgan fingerprint density at radius 1 is 1.13 bits per heavy atom. The number of aromatic nitrogens is 1. The maximum absolute atomic E-state index is 12.9. The highest BCUT2D eigenvalue weighted by Gasteiger charge is 2.35. The third kappa shape index (κ3) is 4.12. The molecule has 1 saturated heterocycles. The number of amides is 2. The third-order valence-corrected chi connectivity index (χ3v) is 5.10. The van der Waals surface area contributed by atoms with Crippen molar-refractivity contribution in [2.45, 2.75) is 19.1 Å². The zero-order chi connectivity index (χ0) is 21.3. The number of pyridine rings is 1. The van der Waals surface area contributed by atoms with Gasteiger partial charge in [-0.2, -0.15) is 13.2 Å². The number of anilines is 1. The van der Waals surface area contributed by atoms with Crippen molar-refractivity contribution in [2.24, 2.45) is 5.92 Å². The number of rotatable bonds is 4. The van der Waals surface area contributed by atoms with Crippen molar-refractivity contribution in [2.75, 3.05) is 11.9 Å². The van der Waals surface area contributed by atoms with E-state index in [1.165, 1.54) is 17.0 Å². The first-order valence-corrected chi connectivity index (χ1v) is 9.40. The minimum absolute atomic E-state index is 0.0169. The number of benzene rings is 2. The summed E-state index contributed by atoms with van der Waals surface area (Å²) in [7, 11) is 0. The summed E-state index contributed by atoms with van der Waals surface area (Å²) in [6, 6.07) is 14.0. The van der Waals surface area contributed by atoms with Gasteiger partial charge >= 0.3 is 6.18 Å². The molecule has 0 bridgehead atoms. The molecule has 1 aliphatic heterocycles. The zero-order valence-electron chi connectivity index (χ0n) is 15.8. The van der Waals surface area contributed by atoms with Crippen LogP contribution >= 0.6 is 0 Å². The van der Waals surface area contributed by atoms with Crippen molar-refractivity contribution in [3.63, 3.8) is 0 Å². The first kappa shape index (κ1) is 19.9. The largest absolute Gasteiger partial charge is 0.416 e. The second-order valence-electron chi connectivity index (χ2n) is 7.24. The monoisotopic (exact) mass is 413 g/mol. The quantitative estimate of drug-likeness (QED) is 0.696. The summed E-state index contributed by atoms with van der Waals surface area (Å²) < 4.78 is 38.7. The average Bonchev–Trinajstić information content (AvgIpc) is 3.08. The van der Waals surface area contributed by atoms with Crippen molar-refractivity contribution in [3.8, 4) is 0 Å². The van der Waals surface area contributed by atoms with Gasteiger partial charge in [0.1, 0.15) is 0 Å². The smallest absolute Gasteiger partial charge is 0.338 e. The Morgan fingerprint density at radius 3 is 2.70 bits per heavy atom. The fourth-order valence-corrected chi connectivity index (χ4v) is 3.61. The molecule has 1 N–H and O–H groups in total. The number of fused-ring (bicyclic) bond motifs is 1. The molecule has 3 aromatic rings.